The topological polar surface area (TPSA) is 53.1 Å². The van der Waals surface area contributed by atoms with Gasteiger partial charge >= 0.3 is 0 Å². The fourth-order valence-electron chi connectivity index (χ4n) is 2.28. The van der Waals surface area contributed by atoms with E-state index in [1.807, 2.05) is 0 Å². The maximum absolute atomic E-state index is 7.19. The summed E-state index contributed by atoms with van der Waals surface area (Å²) in [6.07, 6.45) is 6.09. The molecule has 0 aromatic rings. The summed E-state index contributed by atoms with van der Waals surface area (Å²) in [7, 11) is 2.16. The van der Waals surface area contributed by atoms with Crippen molar-refractivity contribution in [2.24, 2.45) is 11.7 Å². The average molecular weight is 197 g/mol. The number of nitrogens with two attached hydrogens (primary N) is 1. The molecule has 1 aliphatic carbocycles. The summed E-state index contributed by atoms with van der Waals surface area (Å²) in [6.45, 7) is 3.28. The molecule has 1 fully saturated rings. The smallest absolute Gasteiger partial charge is 0.0918 e. The number of nitrogens with one attached hydrogen (secondary N) is 1. The Kier molecular flexibility index (Phi) is 4.39. The molecule has 14 heavy (non-hydrogen) atoms. The minimum absolute atomic E-state index is 0.306. The van der Waals surface area contributed by atoms with E-state index < -0.39 is 0 Å². The quantitative estimate of drug-likeness (QED) is 0.533. The minimum Gasteiger partial charge on any atom is -0.388 e. The molecule has 0 heterocycles. The second-order valence-electron chi connectivity index (χ2n) is 4.68. The molecule has 3 nitrogen and oxygen atoms in total. The molecule has 0 aliphatic heterocycles. The van der Waals surface area contributed by atoms with Gasteiger partial charge in [0, 0.05) is 19.0 Å². The molecule has 3 heteroatoms. The first-order valence-electron chi connectivity index (χ1n) is 5.62. The molecular weight excluding hydrogens is 174 g/mol. The number of hydrogen-bond donors (Lipinski definition) is 2. The lowest BCUT2D eigenvalue weighted by Gasteiger charge is -2.34. The van der Waals surface area contributed by atoms with E-state index in [2.05, 4.69) is 18.9 Å². The summed E-state index contributed by atoms with van der Waals surface area (Å²) >= 11 is 0. The van der Waals surface area contributed by atoms with Crippen molar-refractivity contribution in [2.75, 3.05) is 13.6 Å². The third-order valence-corrected chi connectivity index (χ3v) is 3.27. The van der Waals surface area contributed by atoms with Crippen LogP contribution in [0.1, 0.15) is 39.0 Å². The van der Waals surface area contributed by atoms with Crippen LogP contribution in [0.15, 0.2) is 0 Å². The first kappa shape index (κ1) is 11.5. The molecule has 1 rings (SSSR count). The van der Waals surface area contributed by atoms with Crippen LogP contribution < -0.4 is 5.73 Å². The highest BCUT2D eigenvalue weighted by molar-refractivity contribution is 5.76. The first-order chi connectivity index (χ1) is 6.59. The van der Waals surface area contributed by atoms with Gasteiger partial charge in [0.2, 0.25) is 0 Å². The van der Waals surface area contributed by atoms with Crippen molar-refractivity contribution in [1.82, 2.24) is 4.90 Å². The van der Waals surface area contributed by atoms with Crippen molar-refractivity contribution in [1.29, 1.82) is 5.41 Å². The van der Waals surface area contributed by atoms with Gasteiger partial charge < -0.3 is 10.6 Å². The van der Waals surface area contributed by atoms with E-state index in [4.69, 9.17) is 11.1 Å². The van der Waals surface area contributed by atoms with Gasteiger partial charge in [0.05, 0.1) is 5.84 Å². The lowest BCUT2D eigenvalue weighted by Crippen LogP contribution is -2.37. The van der Waals surface area contributed by atoms with Gasteiger partial charge in [-0.15, -0.1) is 0 Å². The molecule has 0 radical (unpaired) electrons. The SMILES string of the molecule is CC1CCCC(N(C)CCC(=N)N)C1. The Morgan fingerprint density at radius 2 is 2.21 bits per heavy atom. The normalized spacial score (nSPS) is 27.9. The van der Waals surface area contributed by atoms with E-state index in [1.165, 1.54) is 25.7 Å². The van der Waals surface area contributed by atoms with Crippen LogP contribution in [0.25, 0.3) is 0 Å². The van der Waals surface area contributed by atoms with Gasteiger partial charge in [0.15, 0.2) is 0 Å². The fourth-order valence-corrected chi connectivity index (χ4v) is 2.28. The average Bonchev–Trinajstić information content (AvgIpc) is 2.14. The standard InChI is InChI=1S/C11H23N3/c1-9-4-3-5-10(8-9)14(2)7-6-11(12)13/h9-10H,3-8H2,1-2H3,(H3,12,13). The Hall–Kier alpha value is -0.570. The van der Waals surface area contributed by atoms with Crippen LogP contribution in [-0.2, 0) is 0 Å². The Morgan fingerprint density at radius 3 is 2.79 bits per heavy atom. The second kappa shape index (κ2) is 5.35. The first-order valence-corrected chi connectivity index (χ1v) is 5.62. The van der Waals surface area contributed by atoms with E-state index in [0.717, 1.165) is 18.5 Å². The highest BCUT2D eigenvalue weighted by Gasteiger charge is 2.21. The summed E-state index contributed by atoms with van der Waals surface area (Å²) in [5.74, 6) is 1.18. The van der Waals surface area contributed by atoms with E-state index in [0.29, 0.717) is 12.3 Å². The zero-order valence-electron chi connectivity index (χ0n) is 9.42. The maximum atomic E-state index is 7.19. The molecule has 1 aliphatic rings. The van der Waals surface area contributed by atoms with E-state index in [1.54, 1.807) is 0 Å². The van der Waals surface area contributed by atoms with Gasteiger partial charge in [-0.25, -0.2) is 0 Å². The maximum Gasteiger partial charge on any atom is 0.0918 e. The van der Waals surface area contributed by atoms with Crippen LogP contribution in [0.2, 0.25) is 0 Å². The van der Waals surface area contributed by atoms with Crippen molar-refractivity contribution >= 4 is 5.84 Å². The Morgan fingerprint density at radius 1 is 1.50 bits per heavy atom. The monoisotopic (exact) mass is 197 g/mol. The molecule has 3 N–H and O–H groups in total. The summed E-state index contributed by atoms with van der Waals surface area (Å²) < 4.78 is 0. The highest BCUT2D eigenvalue weighted by atomic mass is 15.1. The molecule has 0 amide bonds. The lowest BCUT2D eigenvalue weighted by atomic mass is 9.86. The molecule has 2 unspecified atom stereocenters. The predicted octanol–water partition coefficient (Wildman–Crippen LogP) is 1.82. The van der Waals surface area contributed by atoms with Crippen LogP contribution in [0, 0.1) is 11.3 Å². The van der Waals surface area contributed by atoms with Gasteiger partial charge in [0.1, 0.15) is 0 Å². The van der Waals surface area contributed by atoms with E-state index >= 15 is 0 Å². The minimum atomic E-state index is 0.306. The van der Waals surface area contributed by atoms with Crippen molar-refractivity contribution in [3.63, 3.8) is 0 Å². The summed E-state index contributed by atoms with van der Waals surface area (Å²) in [6, 6.07) is 0.720. The van der Waals surface area contributed by atoms with Crippen LogP contribution >= 0.6 is 0 Å². The Bertz CT molecular complexity index is 191. The molecule has 0 aromatic carbocycles. The Labute approximate surface area is 87.2 Å². The molecule has 0 bridgehead atoms. The molecule has 0 saturated heterocycles. The van der Waals surface area contributed by atoms with Crippen molar-refractivity contribution in [3.8, 4) is 0 Å². The van der Waals surface area contributed by atoms with Crippen molar-refractivity contribution in [2.45, 2.75) is 45.1 Å². The predicted molar refractivity (Wildman–Crippen MR) is 60.6 cm³/mol. The molecule has 2 atom stereocenters. The van der Waals surface area contributed by atoms with E-state index in [-0.39, 0.29) is 0 Å². The van der Waals surface area contributed by atoms with Crippen molar-refractivity contribution in [3.05, 3.63) is 0 Å². The van der Waals surface area contributed by atoms with Crippen LogP contribution in [0.5, 0.6) is 0 Å². The fraction of sp³-hybridized carbons (Fsp3) is 0.909. The third kappa shape index (κ3) is 3.66. The largest absolute Gasteiger partial charge is 0.388 e. The van der Waals surface area contributed by atoms with Gasteiger partial charge in [-0.2, -0.15) is 0 Å². The van der Waals surface area contributed by atoms with E-state index in [9.17, 15) is 0 Å². The van der Waals surface area contributed by atoms with Gasteiger partial charge in [0.25, 0.3) is 0 Å². The van der Waals surface area contributed by atoms with Crippen LogP contribution in [0.3, 0.4) is 0 Å². The van der Waals surface area contributed by atoms with Crippen molar-refractivity contribution < 1.29 is 0 Å². The molecule has 0 aromatic heterocycles. The molecule has 0 spiro atoms. The summed E-state index contributed by atoms with van der Waals surface area (Å²) in [5, 5.41) is 7.19. The van der Waals surface area contributed by atoms with Gasteiger partial charge in [-0.3, -0.25) is 5.41 Å². The zero-order chi connectivity index (χ0) is 10.6. The van der Waals surface area contributed by atoms with Gasteiger partial charge in [-0.1, -0.05) is 19.8 Å². The Balaban J connectivity index is 2.28. The number of nitrogens with zero attached hydrogens (tertiary/aromatic N) is 1. The number of rotatable bonds is 4. The number of amidine groups is 1. The summed E-state index contributed by atoms with van der Waals surface area (Å²) in [4.78, 5) is 2.37. The lowest BCUT2D eigenvalue weighted by molar-refractivity contribution is 0.167. The number of hydrogen-bond acceptors (Lipinski definition) is 2. The molecule has 1 saturated carbocycles. The van der Waals surface area contributed by atoms with Crippen LogP contribution in [0.4, 0.5) is 0 Å². The van der Waals surface area contributed by atoms with Gasteiger partial charge in [-0.05, 0) is 25.8 Å². The molecule has 82 valence electrons. The second-order valence-corrected chi connectivity index (χ2v) is 4.68. The highest BCUT2D eigenvalue weighted by Crippen LogP contribution is 2.26. The van der Waals surface area contributed by atoms with Crippen LogP contribution in [-0.4, -0.2) is 30.4 Å². The zero-order valence-corrected chi connectivity index (χ0v) is 9.42. The third-order valence-electron chi connectivity index (χ3n) is 3.27. The molecular formula is C11H23N3. The summed E-state index contributed by atoms with van der Waals surface area (Å²) in [5.41, 5.74) is 5.35.